The molecule has 0 spiro atoms. The Morgan fingerprint density at radius 3 is 2.56 bits per heavy atom. The number of esters is 1. The first-order valence-corrected chi connectivity index (χ1v) is 11.7. The number of rotatable bonds is 10. The van der Waals surface area contributed by atoms with Gasteiger partial charge in [-0.2, -0.15) is 0 Å². The zero-order valence-electron chi connectivity index (χ0n) is 18.9. The molecule has 3 rings (SSSR count). The minimum Gasteiger partial charge on any atom is -0.465 e. The number of hydrogen-bond acceptors (Lipinski definition) is 6. The van der Waals surface area contributed by atoms with Gasteiger partial charge in [0.25, 0.3) is 5.91 Å². The molecule has 1 aliphatic heterocycles. The zero-order chi connectivity index (χ0) is 24.2. The summed E-state index contributed by atoms with van der Waals surface area (Å²) in [6.45, 7) is 1.42. The van der Waals surface area contributed by atoms with E-state index in [9.17, 15) is 14.4 Å². The number of para-hydroxylation sites is 1. The number of thiocarbonyl (C=S) groups is 1. The first-order chi connectivity index (χ1) is 16.5. The minimum atomic E-state index is -0.446. The highest BCUT2D eigenvalue weighted by Crippen LogP contribution is 2.16. The van der Waals surface area contributed by atoms with Crippen LogP contribution in [0.4, 0.5) is 5.69 Å². The van der Waals surface area contributed by atoms with Crippen LogP contribution in [0.3, 0.4) is 0 Å². The molecule has 0 radical (unpaired) electrons. The van der Waals surface area contributed by atoms with Gasteiger partial charge in [0.2, 0.25) is 5.91 Å². The van der Waals surface area contributed by atoms with Crippen LogP contribution in [-0.2, 0) is 25.5 Å². The summed E-state index contributed by atoms with van der Waals surface area (Å²) < 4.78 is 10.7. The van der Waals surface area contributed by atoms with E-state index < -0.39 is 11.9 Å². The van der Waals surface area contributed by atoms with Gasteiger partial charge in [0.05, 0.1) is 30.4 Å². The Hall–Kier alpha value is -3.30. The number of hydrogen-bond donors (Lipinski definition) is 3. The van der Waals surface area contributed by atoms with E-state index in [0.717, 1.165) is 25.0 Å². The fraction of sp³-hybridized carbons (Fsp3) is 0.360. The third-order valence-electron chi connectivity index (χ3n) is 5.24. The summed E-state index contributed by atoms with van der Waals surface area (Å²) in [6.07, 6.45) is 2.47. The van der Waals surface area contributed by atoms with Crippen molar-refractivity contribution < 1.29 is 23.9 Å². The number of ether oxygens (including phenoxy) is 2. The van der Waals surface area contributed by atoms with E-state index in [0.29, 0.717) is 24.2 Å². The summed E-state index contributed by atoms with van der Waals surface area (Å²) in [6, 6.07) is 16.6. The Morgan fingerprint density at radius 2 is 1.79 bits per heavy atom. The van der Waals surface area contributed by atoms with E-state index in [2.05, 4.69) is 16.0 Å². The molecule has 0 saturated carbocycles. The van der Waals surface area contributed by atoms with Gasteiger partial charge in [0.15, 0.2) is 5.11 Å². The molecular formula is C25H29N3O5S. The highest BCUT2D eigenvalue weighted by atomic mass is 32.1. The number of benzene rings is 2. The van der Waals surface area contributed by atoms with Crippen molar-refractivity contribution in [3.63, 3.8) is 0 Å². The first-order valence-electron chi connectivity index (χ1n) is 11.3. The van der Waals surface area contributed by atoms with Crippen molar-refractivity contribution in [2.24, 2.45) is 0 Å². The van der Waals surface area contributed by atoms with Crippen LogP contribution < -0.4 is 16.0 Å². The molecule has 9 heteroatoms. The Labute approximate surface area is 204 Å². The van der Waals surface area contributed by atoms with E-state index in [1.54, 1.807) is 24.3 Å². The molecule has 0 aliphatic carbocycles. The Morgan fingerprint density at radius 1 is 1.03 bits per heavy atom. The fourth-order valence-corrected chi connectivity index (χ4v) is 3.68. The van der Waals surface area contributed by atoms with Gasteiger partial charge in [0, 0.05) is 26.0 Å². The number of carbonyl (C=O) groups excluding carboxylic acids is 3. The Balaban J connectivity index is 1.38. The third-order valence-corrected chi connectivity index (χ3v) is 5.44. The molecule has 1 aliphatic rings. The smallest absolute Gasteiger partial charge is 0.306 e. The molecule has 8 nitrogen and oxygen atoms in total. The summed E-state index contributed by atoms with van der Waals surface area (Å²) in [5, 5.41) is 8.32. The zero-order valence-corrected chi connectivity index (χ0v) is 19.7. The lowest BCUT2D eigenvalue weighted by molar-refractivity contribution is -0.144. The molecule has 0 aromatic heterocycles. The summed E-state index contributed by atoms with van der Waals surface area (Å²) in [5.41, 5.74) is 1.95. The van der Waals surface area contributed by atoms with Gasteiger partial charge in [-0.1, -0.05) is 42.5 Å². The fourth-order valence-electron chi connectivity index (χ4n) is 3.46. The lowest BCUT2D eigenvalue weighted by atomic mass is 10.1. The molecule has 34 heavy (non-hydrogen) atoms. The van der Waals surface area contributed by atoms with Crippen LogP contribution in [0.2, 0.25) is 0 Å². The van der Waals surface area contributed by atoms with Crippen LogP contribution in [0.15, 0.2) is 54.6 Å². The molecule has 2 aromatic carbocycles. The van der Waals surface area contributed by atoms with Crippen LogP contribution in [0.25, 0.3) is 0 Å². The monoisotopic (exact) mass is 483 g/mol. The maximum Gasteiger partial charge on any atom is 0.306 e. The van der Waals surface area contributed by atoms with Gasteiger partial charge in [-0.15, -0.1) is 0 Å². The second kappa shape index (κ2) is 13.4. The van der Waals surface area contributed by atoms with Gasteiger partial charge in [-0.3, -0.25) is 14.4 Å². The average Bonchev–Trinajstić information content (AvgIpc) is 3.36. The standard InChI is InChI=1S/C25H29N3O5S/c29-22(12-13-23(30)33-16-14-18-7-2-1-3-8-18)28-25(34)27-21-11-5-4-10-20(21)24(31)26-17-19-9-6-15-32-19/h1-5,7-8,10-11,19H,6,9,12-17H2,(H,26,31)(H2,27,28,29,34)/t19-/m1/s1. The SMILES string of the molecule is O=C(CCC(=O)OCCc1ccccc1)NC(=S)Nc1ccccc1C(=O)NC[C@H]1CCCO1. The molecule has 1 saturated heterocycles. The summed E-state index contributed by atoms with van der Waals surface area (Å²) in [4.78, 5) is 36.7. The Kier molecular flexibility index (Phi) is 9.99. The van der Waals surface area contributed by atoms with Crippen LogP contribution in [0, 0.1) is 0 Å². The first kappa shape index (κ1) is 25.3. The van der Waals surface area contributed by atoms with Crippen molar-refractivity contribution in [1.29, 1.82) is 0 Å². The Bertz CT molecular complexity index is 993. The summed E-state index contributed by atoms with van der Waals surface area (Å²) >= 11 is 5.20. The molecule has 3 N–H and O–H groups in total. The van der Waals surface area contributed by atoms with Crippen LogP contribution in [-0.4, -0.2) is 48.8 Å². The van der Waals surface area contributed by atoms with Gasteiger partial charge < -0.3 is 25.4 Å². The molecule has 0 unspecified atom stereocenters. The molecular weight excluding hydrogens is 454 g/mol. The average molecular weight is 484 g/mol. The van der Waals surface area contributed by atoms with Crippen LogP contribution >= 0.6 is 12.2 Å². The van der Waals surface area contributed by atoms with E-state index in [4.69, 9.17) is 21.7 Å². The second-order valence-corrected chi connectivity index (χ2v) is 8.26. The molecule has 1 heterocycles. The van der Waals surface area contributed by atoms with Gasteiger partial charge in [-0.25, -0.2) is 0 Å². The quantitative estimate of drug-likeness (QED) is 0.352. The predicted octanol–water partition coefficient (Wildman–Crippen LogP) is 2.97. The minimum absolute atomic E-state index is 0.0365. The van der Waals surface area contributed by atoms with E-state index in [1.807, 2.05) is 30.3 Å². The van der Waals surface area contributed by atoms with Gasteiger partial charge in [0.1, 0.15) is 0 Å². The number of nitrogens with one attached hydrogen (secondary N) is 3. The normalized spacial score (nSPS) is 14.8. The van der Waals surface area contributed by atoms with Crippen LogP contribution in [0.1, 0.15) is 41.6 Å². The second-order valence-electron chi connectivity index (χ2n) is 7.85. The predicted molar refractivity (Wildman–Crippen MR) is 132 cm³/mol. The molecule has 0 bridgehead atoms. The molecule has 1 atom stereocenters. The highest BCUT2D eigenvalue weighted by molar-refractivity contribution is 7.80. The summed E-state index contributed by atoms with van der Waals surface area (Å²) in [7, 11) is 0. The topological polar surface area (TPSA) is 106 Å². The van der Waals surface area contributed by atoms with E-state index in [-0.39, 0.29) is 36.6 Å². The van der Waals surface area contributed by atoms with Crippen molar-refractivity contribution in [1.82, 2.24) is 10.6 Å². The third kappa shape index (κ3) is 8.57. The largest absolute Gasteiger partial charge is 0.465 e. The highest BCUT2D eigenvalue weighted by Gasteiger charge is 2.18. The maximum absolute atomic E-state index is 12.6. The number of anilines is 1. The molecule has 2 amide bonds. The summed E-state index contributed by atoms with van der Waals surface area (Å²) in [5.74, 6) is -1.12. The van der Waals surface area contributed by atoms with E-state index in [1.165, 1.54) is 0 Å². The van der Waals surface area contributed by atoms with Crippen molar-refractivity contribution in [3.05, 3.63) is 65.7 Å². The van der Waals surface area contributed by atoms with Crippen molar-refractivity contribution in [2.45, 2.75) is 38.2 Å². The molecule has 1 fully saturated rings. The molecule has 2 aromatic rings. The molecule has 180 valence electrons. The maximum atomic E-state index is 12.6. The van der Waals surface area contributed by atoms with Crippen LogP contribution in [0.5, 0.6) is 0 Å². The van der Waals surface area contributed by atoms with Gasteiger partial charge >= 0.3 is 5.97 Å². The number of carbonyl (C=O) groups is 3. The van der Waals surface area contributed by atoms with Gasteiger partial charge in [-0.05, 0) is 42.8 Å². The van der Waals surface area contributed by atoms with Crippen molar-refractivity contribution in [2.75, 3.05) is 25.1 Å². The van der Waals surface area contributed by atoms with E-state index >= 15 is 0 Å². The van der Waals surface area contributed by atoms with Crippen molar-refractivity contribution in [3.8, 4) is 0 Å². The lowest BCUT2D eigenvalue weighted by Gasteiger charge is -2.15. The van der Waals surface area contributed by atoms with Crippen molar-refractivity contribution >= 4 is 40.8 Å². The number of amides is 2. The lowest BCUT2D eigenvalue weighted by Crippen LogP contribution is -2.36.